The van der Waals surface area contributed by atoms with E-state index in [4.69, 9.17) is 4.74 Å². The van der Waals surface area contributed by atoms with Crippen LogP contribution < -0.4 is 5.32 Å². The van der Waals surface area contributed by atoms with Gasteiger partial charge in [0.2, 0.25) is 0 Å². The van der Waals surface area contributed by atoms with E-state index in [0.29, 0.717) is 5.69 Å². The van der Waals surface area contributed by atoms with Crippen molar-refractivity contribution in [3.8, 4) is 0 Å². The Hall–Kier alpha value is -2.76. The van der Waals surface area contributed by atoms with Gasteiger partial charge in [-0.1, -0.05) is 43.7 Å². The summed E-state index contributed by atoms with van der Waals surface area (Å²) >= 11 is 0. The molecule has 1 atom stereocenters. The molecule has 0 saturated carbocycles. The molecule has 1 heterocycles. The molecule has 0 unspecified atom stereocenters. The molecular weight excluding hydrogens is 306 g/mol. The van der Waals surface area contributed by atoms with Crippen LogP contribution in [0.25, 0.3) is 0 Å². The molecule has 6 heteroatoms. The highest BCUT2D eigenvalue weighted by Gasteiger charge is 2.16. The lowest BCUT2D eigenvalue weighted by Crippen LogP contribution is -2.32. The highest BCUT2D eigenvalue weighted by atomic mass is 16.5. The van der Waals surface area contributed by atoms with E-state index < -0.39 is 5.97 Å². The highest BCUT2D eigenvalue weighted by molar-refractivity contribution is 5.89. The van der Waals surface area contributed by atoms with Gasteiger partial charge in [-0.3, -0.25) is 9.78 Å². The fraction of sp³-hybridized carbons (Fsp3) is 0.333. The lowest BCUT2D eigenvalue weighted by atomic mass is 10.0. The van der Waals surface area contributed by atoms with Crippen LogP contribution in [0.3, 0.4) is 0 Å². The van der Waals surface area contributed by atoms with Crippen LogP contribution >= 0.6 is 0 Å². The van der Waals surface area contributed by atoms with Crippen molar-refractivity contribution in [1.82, 2.24) is 15.3 Å². The first-order chi connectivity index (χ1) is 11.6. The number of hydrogen-bond donors (Lipinski definition) is 1. The number of amides is 1. The number of nitrogens with one attached hydrogen (secondary N) is 1. The number of aromatic nitrogens is 2. The van der Waals surface area contributed by atoms with Crippen LogP contribution in [0, 0.1) is 6.92 Å². The predicted molar refractivity (Wildman–Crippen MR) is 89.3 cm³/mol. The SMILES string of the molecule is CCC[C@@H](NC(=O)COC(=O)c1cnc(C)cn1)c1ccccc1. The fourth-order valence-electron chi connectivity index (χ4n) is 2.24. The van der Waals surface area contributed by atoms with Gasteiger partial charge in [-0.15, -0.1) is 0 Å². The molecule has 2 aromatic rings. The summed E-state index contributed by atoms with van der Waals surface area (Å²) in [7, 11) is 0. The zero-order valence-corrected chi connectivity index (χ0v) is 13.9. The number of esters is 1. The summed E-state index contributed by atoms with van der Waals surface area (Å²) in [6, 6.07) is 9.63. The van der Waals surface area contributed by atoms with Crippen LogP contribution in [-0.2, 0) is 9.53 Å². The van der Waals surface area contributed by atoms with E-state index in [9.17, 15) is 9.59 Å². The molecule has 6 nitrogen and oxygen atoms in total. The van der Waals surface area contributed by atoms with Crippen molar-refractivity contribution in [2.75, 3.05) is 6.61 Å². The van der Waals surface area contributed by atoms with Gasteiger partial charge < -0.3 is 10.1 Å². The topological polar surface area (TPSA) is 81.2 Å². The summed E-state index contributed by atoms with van der Waals surface area (Å²) in [5.41, 5.74) is 1.82. The second kappa shape index (κ2) is 8.76. The van der Waals surface area contributed by atoms with E-state index in [1.807, 2.05) is 30.3 Å². The van der Waals surface area contributed by atoms with Crippen LogP contribution in [0.5, 0.6) is 0 Å². The number of aryl methyl sites for hydroxylation is 1. The van der Waals surface area contributed by atoms with E-state index in [1.54, 1.807) is 6.92 Å². The molecule has 0 aliphatic carbocycles. The first-order valence-electron chi connectivity index (χ1n) is 7.90. The summed E-state index contributed by atoms with van der Waals surface area (Å²) in [6.45, 7) is 3.48. The molecule has 1 aromatic heterocycles. The van der Waals surface area contributed by atoms with Crippen LogP contribution in [-0.4, -0.2) is 28.5 Å². The number of carbonyl (C=O) groups is 2. The number of benzene rings is 1. The van der Waals surface area contributed by atoms with Crippen molar-refractivity contribution in [1.29, 1.82) is 0 Å². The molecule has 24 heavy (non-hydrogen) atoms. The van der Waals surface area contributed by atoms with Gasteiger partial charge in [-0.05, 0) is 18.9 Å². The van der Waals surface area contributed by atoms with Gasteiger partial charge >= 0.3 is 5.97 Å². The number of ether oxygens (including phenoxy) is 1. The summed E-state index contributed by atoms with van der Waals surface area (Å²) in [5, 5.41) is 2.90. The second-order valence-corrected chi connectivity index (χ2v) is 5.44. The van der Waals surface area contributed by atoms with Gasteiger partial charge in [-0.25, -0.2) is 9.78 Å². The van der Waals surface area contributed by atoms with Gasteiger partial charge in [0, 0.05) is 6.20 Å². The molecule has 0 aliphatic rings. The average Bonchev–Trinajstić information content (AvgIpc) is 2.60. The van der Waals surface area contributed by atoms with Crippen molar-refractivity contribution in [2.24, 2.45) is 0 Å². The molecule has 126 valence electrons. The third-order valence-electron chi connectivity index (χ3n) is 3.44. The molecule has 0 fully saturated rings. The molecule has 0 spiro atoms. The van der Waals surface area contributed by atoms with Gasteiger partial charge in [0.05, 0.1) is 17.9 Å². The first-order valence-corrected chi connectivity index (χ1v) is 7.90. The van der Waals surface area contributed by atoms with Crippen LogP contribution in [0.1, 0.15) is 47.6 Å². The van der Waals surface area contributed by atoms with Crippen molar-refractivity contribution >= 4 is 11.9 Å². The van der Waals surface area contributed by atoms with Crippen LogP contribution in [0.15, 0.2) is 42.7 Å². The maximum atomic E-state index is 12.1. The Morgan fingerprint density at radius 3 is 2.54 bits per heavy atom. The van der Waals surface area contributed by atoms with Crippen molar-refractivity contribution < 1.29 is 14.3 Å². The molecule has 0 bridgehead atoms. The lowest BCUT2D eigenvalue weighted by Gasteiger charge is -2.18. The molecular formula is C18H21N3O3. The van der Waals surface area contributed by atoms with E-state index in [1.165, 1.54) is 12.4 Å². The number of nitrogens with zero attached hydrogens (tertiary/aromatic N) is 2. The largest absolute Gasteiger partial charge is 0.451 e. The Kier molecular flexibility index (Phi) is 6.42. The monoisotopic (exact) mass is 327 g/mol. The minimum atomic E-state index is -0.663. The van der Waals surface area contributed by atoms with E-state index in [-0.39, 0.29) is 24.2 Å². The van der Waals surface area contributed by atoms with E-state index >= 15 is 0 Å². The minimum Gasteiger partial charge on any atom is -0.451 e. The number of carbonyl (C=O) groups excluding carboxylic acids is 2. The zero-order chi connectivity index (χ0) is 17.4. The predicted octanol–water partition coefficient (Wildman–Crippen LogP) is 2.60. The van der Waals surface area contributed by atoms with E-state index in [0.717, 1.165) is 18.4 Å². The van der Waals surface area contributed by atoms with Crippen molar-refractivity contribution in [3.63, 3.8) is 0 Å². The molecule has 1 aromatic carbocycles. The normalized spacial score (nSPS) is 11.6. The molecule has 0 aliphatic heterocycles. The fourth-order valence-corrected chi connectivity index (χ4v) is 2.24. The Bertz CT molecular complexity index is 672. The van der Waals surface area contributed by atoms with Crippen LogP contribution in [0.2, 0.25) is 0 Å². The average molecular weight is 327 g/mol. The maximum Gasteiger partial charge on any atom is 0.359 e. The number of hydrogen-bond acceptors (Lipinski definition) is 5. The highest BCUT2D eigenvalue weighted by Crippen LogP contribution is 2.17. The van der Waals surface area contributed by atoms with Crippen molar-refractivity contribution in [2.45, 2.75) is 32.7 Å². The van der Waals surface area contributed by atoms with Crippen molar-refractivity contribution in [3.05, 3.63) is 59.7 Å². The molecule has 0 saturated heterocycles. The number of rotatable bonds is 7. The Morgan fingerprint density at radius 1 is 1.17 bits per heavy atom. The molecule has 1 amide bonds. The van der Waals surface area contributed by atoms with Gasteiger partial charge in [-0.2, -0.15) is 0 Å². The quantitative estimate of drug-likeness (QED) is 0.791. The smallest absolute Gasteiger partial charge is 0.359 e. The molecule has 1 N–H and O–H groups in total. The molecule has 0 radical (unpaired) electrons. The lowest BCUT2D eigenvalue weighted by molar-refractivity contribution is -0.125. The van der Waals surface area contributed by atoms with Crippen LogP contribution in [0.4, 0.5) is 0 Å². The summed E-state index contributed by atoms with van der Waals surface area (Å²) < 4.78 is 4.99. The maximum absolute atomic E-state index is 12.1. The Morgan fingerprint density at radius 2 is 1.92 bits per heavy atom. The van der Waals surface area contributed by atoms with Gasteiger partial charge in [0.15, 0.2) is 12.3 Å². The molecule has 2 rings (SSSR count). The summed E-state index contributed by atoms with van der Waals surface area (Å²) in [5.74, 6) is -1.00. The third kappa shape index (κ3) is 5.15. The Labute approximate surface area is 141 Å². The minimum absolute atomic E-state index is 0.0848. The second-order valence-electron chi connectivity index (χ2n) is 5.44. The van der Waals surface area contributed by atoms with E-state index in [2.05, 4.69) is 22.2 Å². The Balaban J connectivity index is 1.89. The first kappa shape index (κ1) is 17.6. The van der Waals surface area contributed by atoms with Gasteiger partial charge in [0.25, 0.3) is 5.91 Å². The summed E-state index contributed by atoms with van der Waals surface area (Å²) in [6.07, 6.45) is 4.55. The standard InChI is InChI=1S/C18H21N3O3/c1-3-7-15(14-8-5-4-6-9-14)21-17(22)12-24-18(23)16-11-19-13(2)10-20-16/h4-6,8-11,15H,3,7,12H2,1-2H3,(H,21,22)/t15-/m1/s1. The zero-order valence-electron chi connectivity index (χ0n) is 13.9. The van der Waals surface area contributed by atoms with Gasteiger partial charge in [0.1, 0.15) is 0 Å². The third-order valence-corrected chi connectivity index (χ3v) is 3.44. The summed E-state index contributed by atoms with van der Waals surface area (Å²) in [4.78, 5) is 31.8.